The third-order valence-corrected chi connectivity index (χ3v) is 4.51. The molecule has 2 atom stereocenters. The summed E-state index contributed by atoms with van der Waals surface area (Å²) < 4.78 is 28.2. The van der Waals surface area contributed by atoms with E-state index in [4.69, 9.17) is 10.5 Å². The Labute approximate surface area is 92.1 Å². The number of sulfone groups is 1. The van der Waals surface area contributed by atoms with E-state index in [1.54, 1.807) is 0 Å². The molecule has 0 aliphatic heterocycles. The fourth-order valence-corrected chi connectivity index (χ4v) is 3.06. The van der Waals surface area contributed by atoms with Crippen LogP contribution in [0.25, 0.3) is 0 Å². The molecule has 0 saturated heterocycles. The molecule has 5 heteroatoms. The minimum Gasteiger partial charge on any atom is -0.377 e. The van der Waals surface area contributed by atoms with Crippen molar-refractivity contribution in [1.29, 1.82) is 0 Å². The van der Waals surface area contributed by atoms with E-state index in [0.29, 0.717) is 13.0 Å². The van der Waals surface area contributed by atoms with E-state index in [2.05, 4.69) is 0 Å². The maximum Gasteiger partial charge on any atom is 0.152 e. The molecule has 2 N–H and O–H groups in total. The number of nitrogens with two attached hydrogens (primary N) is 1. The monoisotopic (exact) mass is 235 g/mol. The Hall–Kier alpha value is -0.130. The summed E-state index contributed by atoms with van der Waals surface area (Å²) >= 11 is 0. The van der Waals surface area contributed by atoms with Gasteiger partial charge in [0, 0.05) is 11.8 Å². The molecule has 90 valence electrons. The highest BCUT2D eigenvalue weighted by Gasteiger charge is 2.22. The molecular weight excluding hydrogens is 214 g/mol. The lowest BCUT2D eigenvalue weighted by molar-refractivity contribution is 0.0688. The van der Waals surface area contributed by atoms with Crippen LogP contribution in [0.2, 0.25) is 0 Å². The molecule has 2 unspecified atom stereocenters. The second-order valence-corrected chi connectivity index (χ2v) is 6.52. The standard InChI is InChI=1S/C10H21NO3S/c1-2-6-15(12,13)7-5-14-10-4-3-9(11)8-10/h9-10H,2-8,11H2,1H3. The van der Waals surface area contributed by atoms with Crippen molar-refractivity contribution >= 4 is 9.84 Å². The Balaban J connectivity index is 2.16. The maximum atomic E-state index is 11.4. The molecule has 1 rings (SSSR count). The Morgan fingerprint density at radius 1 is 1.33 bits per heavy atom. The van der Waals surface area contributed by atoms with Crippen molar-refractivity contribution in [1.82, 2.24) is 0 Å². The van der Waals surface area contributed by atoms with Crippen molar-refractivity contribution in [2.24, 2.45) is 5.73 Å². The molecular formula is C10H21NO3S. The molecule has 0 aromatic rings. The Kier molecular flexibility index (Phi) is 5.02. The average Bonchev–Trinajstić information content (AvgIpc) is 2.51. The van der Waals surface area contributed by atoms with Gasteiger partial charge < -0.3 is 10.5 Å². The summed E-state index contributed by atoms with van der Waals surface area (Å²) in [4.78, 5) is 0. The van der Waals surface area contributed by atoms with Crippen molar-refractivity contribution in [2.75, 3.05) is 18.1 Å². The van der Waals surface area contributed by atoms with Gasteiger partial charge in [0.2, 0.25) is 0 Å². The quantitative estimate of drug-likeness (QED) is 0.736. The fourth-order valence-electron chi connectivity index (χ4n) is 1.88. The van der Waals surface area contributed by atoms with Gasteiger partial charge in [-0.1, -0.05) is 6.92 Å². The van der Waals surface area contributed by atoms with E-state index in [-0.39, 0.29) is 23.7 Å². The Bertz CT molecular complexity index is 276. The summed E-state index contributed by atoms with van der Waals surface area (Å²) in [5.74, 6) is 0.410. The largest absolute Gasteiger partial charge is 0.377 e. The molecule has 15 heavy (non-hydrogen) atoms. The van der Waals surface area contributed by atoms with Gasteiger partial charge in [0.05, 0.1) is 18.5 Å². The third kappa shape index (κ3) is 4.95. The van der Waals surface area contributed by atoms with Crippen LogP contribution in [0.3, 0.4) is 0 Å². The molecule has 1 fully saturated rings. The van der Waals surface area contributed by atoms with Crippen LogP contribution in [-0.4, -0.2) is 38.7 Å². The van der Waals surface area contributed by atoms with Crippen LogP contribution in [0.15, 0.2) is 0 Å². The first-order chi connectivity index (χ1) is 7.03. The zero-order valence-electron chi connectivity index (χ0n) is 9.31. The first-order valence-electron chi connectivity index (χ1n) is 5.61. The van der Waals surface area contributed by atoms with Crippen molar-refractivity contribution in [2.45, 2.75) is 44.8 Å². The first kappa shape index (κ1) is 12.9. The van der Waals surface area contributed by atoms with Gasteiger partial charge in [-0.05, 0) is 25.7 Å². The molecule has 1 saturated carbocycles. The van der Waals surface area contributed by atoms with Crippen LogP contribution in [0.5, 0.6) is 0 Å². The van der Waals surface area contributed by atoms with E-state index in [1.807, 2.05) is 6.92 Å². The summed E-state index contributed by atoms with van der Waals surface area (Å²) in [6, 6.07) is 0.238. The molecule has 0 spiro atoms. The van der Waals surface area contributed by atoms with Crippen molar-refractivity contribution in [3.05, 3.63) is 0 Å². The predicted octanol–water partition coefficient (Wildman–Crippen LogP) is 0.708. The van der Waals surface area contributed by atoms with Crippen LogP contribution >= 0.6 is 0 Å². The van der Waals surface area contributed by atoms with Crippen LogP contribution in [0.4, 0.5) is 0 Å². The summed E-state index contributed by atoms with van der Waals surface area (Å²) in [5, 5.41) is 0. The lowest BCUT2D eigenvalue weighted by Gasteiger charge is -2.11. The summed E-state index contributed by atoms with van der Waals surface area (Å²) in [6.45, 7) is 2.19. The molecule has 0 radical (unpaired) electrons. The molecule has 0 aromatic carbocycles. The second kappa shape index (κ2) is 5.82. The third-order valence-electron chi connectivity index (χ3n) is 2.69. The predicted molar refractivity (Wildman–Crippen MR) is 60.5 cm³/mol. The van der Waals surface area contributed by atoms with Crippen LogP contribution in [0.1, 0.15) is 32.6 Å². The van der Waals surface area contributed by atoms with Gasteiger partial charge in [0.1, 0.15) is 0 Å². The molecule has 0 heterocycles. The van der Waals surface area contributed by atoms with Gasteiger partial charge in [-0.15, -0.1) is 0 Å². The van der Waals surface area contributed by atoms with Gasteiger partial charge >= 0.3 is 0 Å². The van der Waals surface area contributed by atoms with Crippen LogP contribution < -0.4 is 5.73 Å². The highest BCUT2D eigenvalue weighted by Crippen LogP contribution is 2.20. The van der Waals surface area contributed by atoms with Gasteiger partial charge in [-0.2, -0.15) is 0 Å². The Morgan fingerprint density at radius 2 is 2.07 bits per heavy atom. The molecule has 0 amide bonds. The van der Waals surface area contributed by atoms with Gasteiger partial charge in [-0.3, -0.25) is 0 Å². The molecule has 1 aliphatic rings. The number of ether oxygens (including phenoxy) is 1. The van der Waals surface area contributed by atoms with Crippen molar-refractivity contribution in [3.63, 3.8) is 0 Å². The SMILES string of the molecule is CCCS(=O)(=O)CCOC1CCC(N)C1. The van der Waals surface area contributed by atoms with E-state index >= 15 is 0 Å². The van der Waals surface area contributed by atoms with Gasteiger partial charge in [-0.25, -0.2) is 8.42 Å². The van der Waals surface area contributed by atoms with Crippen molar-refractivity contribution < 1.29 is 13.2 Å². The zero-order chi connectivity index (χ0) is 11.3. The molecule has 0 bridgehead atoms. The van der Waals surface area contributed by atoms with Gasteiger partial charge in [0.15, 0.2) is 9.84 Å². The topological polar surface area (TPSA) is 69.4 Å². The lowest BCUT2D eigenvalue weighted by Crippen LogP contribution is -2.21. The van der Waals surface area contributed by atoms with Gasteiger partial charge in [0.25, 0.3) is 0 Å². The zero-order valence-corrected chi connectivity index (χ0v) is 10.1. The summed E-state index contributed by atoms with van der Waals surface area (Å²) in [7, 11) is -2.89. The van der Waals surface area contributed by atoms with Crippen molar-refractivity contribution in [3.8, 4) is 0 Å². The molecule has 0 aromatic heterocycles. The average molecular weight is 235 g/mol. The smallest absolute Gasteiger partial charge is 0.152 e. The number of hydrogen-bond donors (Lipinski definition) is 1. The number of hydrogen-bond acceptors (Lipinski definition) is 4. The van der Waals surface area contributed by atoms with E-state index in [9.17, 15) is 8.42 Å². The van der Waals surface area contributed by atoms with Crippen LogP contribution in [0, 0.1) is 0 Å². The van der Waals surface area contributed by atoms with E-state index in [0.717, 1.165) is 19.3 Å². The summed E-state index contributed by atoms with van der Waals surface area (Å²) in [5.41, 5.74) is 5.73. The lowest BCUT2D eigenvalue weighted by atomic mass is 10.3. The van der Waals surface area contributed by atoms with Crippen LogP contribution in [-0.2, 0) is 14.6 Å². The second-order valence-electron chi connectivity index (χ2n) is 4.22. The normalized spacial score (nSPS) is 27.1. The number of rotatable bonds is 6. The first-order valence-corrected chi connectivity index (χ1v) is 7.43. The Morgan fingerprint density at radius 3 is 2.60 bits per heavy atom. The highest BCUT2D eigenvalue weighted by molar-refractivity contribution is 7.91. The maximum absolute atomic E-state index is 11.4. The van der Waals surface area contributed by atoms with E-state index < -0.39 is 9.84 Å². The fraction of sp³-hybridized carbons (Fsp3) is 1.00. The summed E-state index contributed by atoms with van der Waals surface area (Å²) in [6.07, 6.45) is 3.68. The van der Waals surface area contributed by atoms with E-state index in [1.165, 1.54) is 0 Å². The molecule has 1 aliphatic carbocycles. The highest BCUT2D eigenvalue weighted by atomic mass is 32.2. The molecule has 4 nitrogen and oxygen atoms in total. The minimum atomic E-state index is -2.89. The minimum absolute atomic E-state index is 0.145.